The summed E-state index contributed by atoms with van der Waals surface area (Å²) in [7, 11) is 1.66. The molecule has 0 atom stereocenters. The highest BCUT2D eigenvalue weighted by Crippen LogP contribution is 2.19. The van der Waals surface area contributed by atoms with E-state index in [-0.39, 0.29) is 5.56 Å². The number of anilines is 1. The van der Waals surface area contributed by atoms with Crippen LogP contribution in [0.1, 0.15) is 6.92 Å². The minimum absolute atomic E-state index is 0.148. The van der Waals surface area contributed by atoms with Gasteiger partial charge in [0.1, 0.15) is 0 Å². The number of nitrogens with zero attached hydrogens (tertiary/aromatic N) is 4. The lowest BCUT2D eigenvalue weighted by Crippen LogP contribution is -2.44. The molecule has 2 aromatic rings. The first-order valence-corrected chi connectivity index (χ1v) is 7.59. The van der Waals surface area contributed by atoms with Crippen LogP contribution < -0.4 is 15.8 Å². The molecule has 0 saturated carbocycles. The molecule has 7 nitrogen and oxygen atoms in total. The zero-order chi connectivity index (χ0) is 15.7. The normalized spacial score (nSPS) is 14.9. The van der Waals surface area contributed by atoms with Crippen molar-refractivity contribution in [2.45, 2.75) is 13.5 Å². The number of aromatic amines is 1. The molecule has 1 aliphatic rings. The van der Waals surface area contributed by atoms with E-state index in [1.54, 1.807) is 14.0 Å². The number of hydrogen-bond acceptors (Lipinski definition) is 5. The number of H-pyrrole nitrogens is 1. The lowest BCUT2D eigenvalue weighted by molar-refractivity contribution is 0.573. The van der Waals surface area contributed by atoms with Crippen LogP contribution in [0.5, 0.6) is 0 Å². The van der Waals surface area contributed by atoms with Gasteiger partial charge in [-0.15, -0.1) is 5.92 Å². The van der Waals surface area contributed by atoms with Crippen molar-refractivity contribution in [2.24, 2.45) is 7.05 Å². The van der Waals surface area contributed by atoms with Gasteiger partial charge in [-0.05, 0) is 19.1 Å². The fourth-order valence-electron chi connectivity index (χ4n) is 2.60. The highest BCUT2D eigenvalue weighted by atomic mass is 32.1. The molecule has 22 heavy (non-hydrogen) atoms. The SMILES string of the molecule is CC#CCn1c(N2CCNCC2)nc2[nH]c(=S)n(C)c(=O)c21. The van der Waals surface area contributed by atoms with E-state index in [2.05, 4.69) is 32.0 Å². The molecule has 3 heterocycles. The predicted molar refractivity (Wildman–Crippen MR) is 88.7 cm³/mol. The molecule has 8 heteroatoms. The summed E-state index contributed by atoms with van der Waals surface area (Å²) in [5.74, 6) is 6.67. The van der Waals surface area contributed by atoms with Gasteiger partial charge in [-0.1, -0.05) is 5.92 Å². The maximum absolute atomic E-state index is 12.6. The molecule has 1 fully saturated rings. The van der Waals surface area contributed by atoms with Gasteiger partial charge in [0.05, 0.1) is 6.54 Å². The molecule has 2 aromatic heterocycles. The summed E-state index contributed by atoms with van der Waals surface area (Å²) in [6.07, 6.45) is 0. The van der Waals surface area contributed by atoms with Crippen LogP contribution in [-0.4, -0.2) is 45.3 Å². The molecule has 0 bridgehead atoms. The Hall–Kier alpha value is -2.11. The monoisotopic (exact) mass is 318 g/mol. The Balaban J connectivity index is 2.25. The molecule has 1 aliphatic heterocycles. The van der Waals surface area contributed by atoms with Gasteiger partial charge >= 0.3 is 0 Å². The van der Waals surface area contributed by atoms with Crippen LogP contribution in [0, 0.1) is 16.6 Å². The minimum atomic E-state index is -0.148. The number of imidazole rings is 1. The summed E-state index contributed by atoms with van der Waals surface area (Å²) in [6.45, 7) is 5.72. The van der Waals surface area contributed by atoms with Crippen LogP contribution in [0.3, 0.4) is 0 Å². The molecule has 0 aliphatic carbocycles. The van der Waals surface area contributed by atoms with Crippen LogP contribution in [0.2, 0.25) is 0 Å². The first-order chi connectivity index (χ1) is 10.6. The Morgan fingerprint density at radius 1 is 1.36 bits per heavy atom. The maximum Gasteiger partial charge on any atom is 0.280 e. The van der Waals surface area contributed by atoms with Crippen molar-refractivity contribution in [3.8, 4) is 11.8 Å². The summed E-state index contributed by atoms with van der Waals surface area (Å²) in [4.78, 5) is 22.4. The van der Waals surface area contributed by atoms with Crippen LogP contribution in [0.25, 0.3) is 11.2 Å². The average Bonchev–Trinajstić information content (AvgIpc) is 2.90. The number of hydrogen-bond donors (Lipinski definition) is 2. The number of fused-ring (bicyclic) bond motifs is 1. The van der Waals surface area contributed by atoms with Gasteiger partial charge in [0.25, 0.3) is 5.56 Å². The van der Waals surface area contributed by atoms with Gasteiger partial charge in [0.15, 0.2) is 15.9 Å². The summed E-state index contributed by atoms with van der Waals surface area (Å²) in [5, 5.41) is 3.31. The Kier molecular flexibility index (Phi) is 4.00. The summed E-state index contributed by atoms with van der Waals surface area (Å²) < 4.78 is 3.68. The highest BCUT2D eigenvalue weighted by Gasteiger charge is 2.21. The standard InChI is InChI=1S/C14H18N6OS/c1-3-4-7-20-10-11(17-14(22)18(2)12(10)21)16-13(20)19-8-5-15-6-9-19/h15H,5-9H2,1-2H3,(H,17,22). The second-order valence-electron chi connectivity index (χ2n) is 5.15. The molecule has 0 amide bonds. The molecule has 3 rings (SSSR count). The maximum atomic E-state index is 12.6. The van der Waals surface area contributed by atoms with E-state index in [9.17, 15) is 4.79 Å². The number of rotatable bonds is 2. The van der Waals surface area contributed by atoms with E-state index >= 15 is 0 Å². The number of piperazine rings is 1. The fourth-order valence-corrected chi connectivity index (χ4v) is 2.77. The smallest absolute Gasteiger partial charge is 0.280 e. The average molecular weight is 318 g/mol. The zero-order valence-corrected chi connectivity index (χ0v) is 13.5. The fraction of sp³-hybridized carbons (Fsp3) is 0.500. The Bertz CT molecular complexity index is 875. The molecule has 2 N–H and O–H groups in total. The molecule has 0 radical (unpaired) electrons. The van der Waals surface area contributed by atoms with Crippen LogP contribution in [0.15, 0.2) is 4.79 Å². The number of nitrogens with one attached hydrogen (secondary N) is 2. The quantitative estimate of drug-likeness (QED) is 0.612. The van der Waals surface area contributed by atoms with E-state index in [1.807, 2.05) is 4.57 Å². The zero-order valence-electron chi connectivity index (χ0n) is 12.6. The lowest BCUT2D eigenvalue weighted by Gasteiger charge is -2.28. The van der Waals surface area contributed by atoms with Crippen molar-refractivity contribution < 1.29 is 0 Å². The second kappa shape index (κ2) is 5.94. The molecule has 1 saturated heterocycles. The first kappa shape index (κ1) is 14.8. The largest absolute Gasteiger partial charge is 0.340 e. The van der Waals surface area contributed by atoms with Crippen LogP contribution in [0.4, 0.5) is 5.95 Å². The van der Waals surface area contributed by atoms with E-state index in [0.717, 1.165) is 32.1 Å². The van der Waals surface area contributed by atoms with E-state index < -0.39 is 0 Å². The van der Waals surface area contributed by atoms with Crippen molar-refractivity contribution in [3.05, 3.63) is 15.1 Å². The first-order valence-electron chi connectivity index (χ1n) is 7.18. The third-order valence-electron chi connectivity index (χ3n) is 3.80. The van der Waals surface area contributed by atoms with Crippen molar-refractivity contribution in [2.75, 3.05) is 31.1 Å². The van der Waals surface area contributed by atoms with Crippen molar-refractivity contribution >= 4 is 29.3 Å². The molecule has 116 valence electrons. The third-order valence-corrected chi connectivity index (χ3v) is 4.17. The van der Waals surface area contributed by atoms with Crippen molar-refractivity contribution in [3.63, 3.8) is 0 Å². The summed E-state index contributed by atoms with van der Waals surface area (Å²) in [5.41, 5.74) is 0.900. The Labute approximate surface area is 133 Å². The minimum Gasteiger partial charge on any atom is -0.340 e. The molecule has 0 aromatic carbocycles. The van der Waals surface area contributed by atoms with Gasteiger partial charge in [0.2, 0.25) is 5.95 Å². The van der Waals surface area contributed by atoms with Crippen LogP contribution >= 0.6 is 12.2 Å². The van der Waals surface area contributed by atoms with Gasteiger partial charge in [-0.25, -0.2) is 0 Å². The van der Waals surface area contributed by atoms with Gasteiger partial charge in [-0.3, -0.25) is 13.9 Å². The summed E-state index contributed by atoms with van der Waals surface area (Å²) in [6, 6.07) is 0. The summed E-state index contributed by atoms with van der Waals surface area (Å²) >= 11 is 5.17. The van der Waals surface area contributed by atoms with Crippen LogP contribution in [-0.2, 0) is 13.6 Å². The molecule has 0 unspecified atom stereocenters. The molecule has 0 spiro atoms. The molecular formula is C14H18N6OS. The van der Waals surface area contributed by atoms with Gasteiger partial charge in [-0.2, -0.15) is 4.98 Å². The van der Waals surface area contributed by atoms with Crippen molar-refractivity contribution in [1.29, 1.82) is 0 Å². The predicted octanol–water partition coefficient (Wildman–Crippen LogP) is 0.225. The van der Waals surface area contributed by atoms with E-state index in [0.29, 0.717) is 22.5 Å². The third kappa shape index (κ3) is 2.42. The van der Waals surface area contributed by atoms with Crippen molar-refractivity contribution in [1.82, 2.24) is 24.4 Å². The number of aromatic nitrogens is 4. The van der Waals surface area contributed by atoms with E-state index in [4.69, 9.17) is 12.2 Å². The lowest BCUT2D eigenvalue weighted by atomic mass is 10.4. The van der Waals surface area contributed by atoms with Gasteiger partial charge < -0.3 is 15.2 Å². The highest BCUT2D eigenvalue weighted by molar-refractivity contribution is 7.71. The van der Waals surface area contributed by atoms with E-state index in [1.165, 1.54) is 4.57 Å². The topological polar surface area (TPSA) is 70.9 Å². The second-order valence-corrected chi connectivity index (χ2v) is 5.54. The van der Waals surface area contributed by atoms with Gasteiger partial charge in [0, 0.05) is 33.2 Å². The Morgan fingerprint density at radius 2 is 2.09 bits per heavy atom. The molecular weight excluding hydrogens is 300 g/mol. The Morgan fingerprint density at radius 3 is 2.77 bits per heavy atom.